The van der Waals surface area contributed by atoms with Crippen LogP contribution in [0.1, 0.15) is 15.9 Å². The molecule has 0 spiro atoms. The molecule has 0 amide bonds. The molecule has 0 N–H and O–H groups in total. The quantitative estimate of drug-likeness (QED) is 0.781. The van der Waals surface area contributed by atoms with Crippen LogP contribution in [0.5, 0.6) is 5.75 Å². The molecule has 5 heteroatoms. The highest BCUT2D eigenvalue weighted by Crippen LogP contribution is 2.23. The fourth-order valence-electron chi connectivity index (χ4n) is 1.56. The van der Waals surface area contributed by atoms with Gasteiger partial charge in [0.05, 0.1) is 5.56 Å². The molecule has 1 rings (SSSR count). The SMILES string of the molecule is Cc1cc(C(=O)O[Si](C)(C)C)ccc1O[Si](C)(C)C. The van der Waals surface area contributed by atoms with Gasteiger partial charge in [0, 0.05) is 0 Å². The lowest BCUT2D eigenvalue weighted by Gasteiger charge is -2.21. The van der Waals surface area contributed by atoms with E-state index in [-0.39, 0.29) is 5.97 Å². The number of carbonyl (C=O) groups excluding carboxylic acids is 1. The largest absolute Gasteiger partial charge is 0.544 e. The highest BCUT2D eigenvalue weighted by atomic mass is 28.4. The van der Waals surface area contributed by atoms with Crippen molar-refractivity contribution in [3.63, 3.8) is 0 Å². The summed E-state index contributed by atoms with van der Waals surface area (Å²) in [5.74, 6) is 0.630. The first-order valence-electron chi connectivity index (χ1n) is 6.51. The molecule has 0 heterocycles. The van der Waals surface area contributed by atoms with Gasteiger partial charge in [0.25, 0.3) is 0 Å². The summed E-state index contributed by atoms with van der Waals surface area (Å²) >= 11 is 0. The normalized spacial score (nSPS) is 12.2. The second kappa shape index (κ2) is 5.50. The minimum atomic E-state index is -1.85. The van der Waals surface area contributed by atoms with Crippen LogP contribution in [0.25, 0.3) is 0 Å². The molecule has 0 saturated carbocycles. The Balaban J connectivity index is 2.91. The highest BCUT2D eigenvalue weighted by molar-refractivity contribution is 6.71. The first kappa shape index (κ1) is 16.0. The van der Waals surface area contributed by atoms with Gasteiger partial charge in [0.1, 0.15) is 5.75 Å². The Morgan fingerprint density at radius 1 is 1.00 bits per heavy atom. The van der Waals surface area contributed by atoms with Gasteiger partial charge in [-0.2, -0.15) is 0 Å². The van der Waals surface area contributed by atoms with Crippen molar-refractivity contribution >= 4 is 22.6 Å². The first-order valence-corrected chi connectivity index (χ1v) is 13.3. The van der Waals surface area contributed by atoms with E-state index in [0.29, 0.717) is 5.56 Å². The Morgan fingerprint density at radius 2 is 1.58 bits per heavy atom. The highest BCUT2D eigenvalue weighted by Gasteiger charge is 2.22. The first-order chi connectivity index (χ1) is 8.48. The lowest BCUT2D eigenvalue weighted by atomic mass is 10.1. The van der Waals surface area contributed by atoms with E-state index < -0.39 is 16.6 Å². The number of hydrogen-bond acceptors (Lipinski definition) is 3. The molecule has 106 valence electrons. The topological polar surface area (TPSA) is 35.5 Å². The maximum absolute atomic E-state index is 12.0. The van der Waals surface area contributed by atoms with Crippen LogP contribution in [0.3, 0.4) is 0 Å². The zero-order valence-electron chi connectivity index (χ0n) is 13.0. The van der Waals surface area contributed by atoms with Crippen molar-refractivity contribution in [1.29, 1.82) is 0 Å². The molecule has 0 aliphatic carbocycles. The molecule has 0 atom stereocenters. The van der Waals surface area contributed by atoms with E-state index in [0.717, 1.165) is 11.3 Å². The van der Waals surface area contributed by atoms with E-state index in [2.05, 4.69) is 19.6 Å². The van der Waals surface area contributed by atoms with E-state index >= 15 is 0 Å². The third-order valence-electron chi connectivity index (χ3n) is 2.23. The predicted molar refractivity (Wildman–Crippen MR) is 83.9 cm³/mol. The monoisotopic (exact) mass is 296 g/mol. The van der Waals surface area contributed by atoms with Crippen molar-refractivity contribution in [2.24, 2.45) is 0 Å². The molecule has 0 radical (unpaired) electrons. The number of aryl methyl sites for hydroxylation is 1. The van der Waals surface area contributed by atoms with Crippen molar-refractivity contribution < 1.29 is 13.6 Å². The fourth-order valence-corrected chi connectivity index (χ4v) is 3.12. The third-order valence-corrected chi connectivity index (χ3v) is 3.86. The van der Waals surface area contributed by atoms with Crippen molar-refractivity contribution in [3.8, 4) is 5.75 Å². The molecule has 3 nitrogen and oxygen atoms in total. The zero-order valence-corrected chi connectivity index (χ0v) is 15.0. The standard InChI is InChI=1S/C14H24O3Si2/c1-11-10-12(14(15)17-19(5,6)7)8-9-13(11)16-18(2,3)4/h8-10H,1-7H3. The number of carbonyl (C=O) groups is 1. The molecular formula is C14H24O3Si2. The molecular weight excluding hydrogens is 272 g/mol. The summed E-state index contributed by atoms with van der Waals surface area (Å²) in [5.41, 5.74) is 1.58. The Morgan fingerprint density at radius 3 is 2.00 bits per heavy atom. The summed E-state index contributed by atoms with van der Waals surface area (Å²) in [4.78, 5) is 12.0. The average Bonchev–Trinajstić information content (AvgIpc) is 2.16. The van der Waals surface area contributed by atoms with Gasteiger partial charge in [-0.15, -0.1) is 0 Å². The Kier molecular flexibility index (Phi) is 4.63. The maximum Gasteiger partial charge on any atom is 0.324 e. The number of hydrogen-bond donors (Lipinski definition) is 0. The van der Waals surface area contributed by atoms with Crippen LogP contribution in [0.2, 0.25) is 39.3 Å². The van der Waals surface area contributed by atoms with Crippen molar-refractivity contribution in [1.82, 2.24) is 0 Å². The van der Waals surface area contributed by atoms with Crippen LogP contribution in [0, 0.1) is 6.92 Å². The van der Waals surface area contributed by atoms with E-state index in [1.54, 1.807) is 6.07 Å². The minimum absolute atomic E-state index is 0.234. The molecule has 0 aliphatic heterocycles. The third kappa shape index (κ3) is 5.61. The summed E-state index contributed by atoms with van der Waals surface area (Å²) in [6, 6.07) is 5.50. The van der Waals surface area contributed by atoms with E-state index in [1.165, 1.54) is 0 Å². The van der Waals surface area contributed by atoms with Gasteiger partial charge in [0.2, 0.25) is 16.6 Å². The van der Waals surface area contributed by atoms with Crippen LogP contribution < -0.4 is 4.43 Å². The summed E-state index contributed by atoms with van der Waals surface area (Å²) < 4.78 is 11.5. The maximum atomic E-state index is 12.0. The molecule has 19 heavy (non-hydrogen) atoms. The van der Waals surface area contributed by atoms with Gasteiger partial charge < -0.3 is 8.85 Å². The molecule has 1 aromatic rings. The van der Waals surface area contributed by atoms with Crippen molar-refractivity contribution in [2.75, 3.05) is 0 Å². The Bertz CT molecular complexity index is 471. The van der Waals surface area contributed by atoms with Gasteiger partial charge in [-0.1, -0.05) is 0 Å². The second-order valence-corrected chi connectivity index (χ2v) is 15.6. The van der Waals surface area contributed by atoms with Crippen LogP contribution >= 0.6 is 0 Å². The number of benzene rings is 1. The second-order valence-electron chi connectivity index (χ2n) is 6.70. The van der Waals surface area contributed by atoms with Crippen molar-refractivity contribution in [3.05, 3.63) is 29.3 Å². The van der Waals surface area contributed by atoms with E-state index in [4.69, 9.17) is 8.85 Å². The Hall–Kier alpha value is -1.08. The summed E-state index contributed by atoms with van der Waals surface area (Å²) in [6.45, 7) is 14.4. The average molecular weight is 297 g/mol. The van der Waals surface area contributed by atoms with E-state index in [9.17, 15) is 4.79 Å². The molecule has 0 aliphatic rings. The van der Waals surface area contributed by atoms with Crippen LogP contribution in [0.4, 0.5) is 0 Å². The smallest absolute Gasteiger partial charge is 0.324 e. The minimum Gasteiger partial charge on any atom is -0.544 e. The summed E-state index contributed by atoms with van der Waals surface area (Å²) in [5, 5.41) is 0. The van der Waals surface area contributed by atoms with Crippen LogP contribution in [0.15, 0.2) is 18.2 Å². The Labute approximate surface area is 118 Å². The summed E-state index contributed by atoms with van der Waals surface area (Å²) in [6.07, 6.45) is 0. The fraction of sp³-hybridized carbons (Fsp3) is 0.500. The van der Waals surface area contributed by atoms with Gasteiger partial charge >= 0.3 is 5.97 Å². The van der Waals surface area contributed by atoms with E-state index in [1.807, 2.05) is 38.7 Å². The summed E-state index contributed by atoms with van der Waals surface area (Å²) in [7, 11) is -3.47. The lowest BCUT2D eigenvalue weighted by Crippen LogP contribution is -2.30. The lowest BCUT2D eigenvalue weighted by molar-refractivity contribution is 0.0724. The molecule has 0 bridgehead atoms. The predicted octanol–water partition coefficient (Wildman–Crippen LogP) is 4.20. The van der Waals surface area contributed by atoms with Crippen LogP contribution in [-0.4, -0.2) is 22.6 Å². The molecule has 1 aromatic carbocycles. The molecule has 0 saturated heterocycles. The van der Waals surface area contributed by atoms with Gasteiger partial charge in [-0.25, -0.2) is 4.79 Å². The van der Waals surface area contributed by atoms with Crippen molar-refractivity contribution in [2.45, 2.75) is 46.2 Å². The van der Waals surface area contributed by atoms with Gasteiger partial charge in [-0.3, -0.25) is 0 Å². The van der Waals surface area contributed by atoms with Gasteiger partial charge in [-0.05, 0) is 70.0 Å². The molecule has 0 unspecified atom stereocenters. The molecule has 0 fully saturated rings. The number of rotatable bonds is 4. The van der Waals surface area contributed by atoms with Gasteiger partial charge in [0.15, 0.2) is 0 Å². The zero-order chi connectivity index (χ0) is 14.8. The van der Waals surface area contributed by atoms with Crippen LogP contribution in [-0.2, 0) is 4.43 Å². The molecule has 0 aromatic heterocycles.